The van der Waals surface area contributed by atoms with Gasteiger partial charge in [0, 0.05) is 12.1 Å². The molecule has 6 nitrogen and oxygen atoms in total. The summed E-state index contributed by atoms with van der Waals surface area (Å²) in [6.45, 7) is 0. The lowest BCUT2D eigenvalue weighted by atomic mass is 9.70. The topological polar surface area (TPSA) is 97.7 Å². The predicted octanol–water partition coefficient (Wildman–Crippen LogP) is 3.92. The van der Waals surface area contributed by atoms with Crippen LogP contribution in [0.25, 0.3) is 0 Å². The van der Waals surface area contributed by atoms with Crippen molar-refractivity contribution in [2.45, 2.75) is 24.7 Å². The van der Waals surface area contributed by atoms with Crippen LogP contribution in [0.15, 0.2) is 48.9 Å². The minimum atomic E-state index is -0.474. The molecule has 1 saturated carbocycles. The average Bonchev–Trinajstić information content (AvgIpc) is 2.64. The van der Waals surface area contributed by atoms with Crippen molar-refractivity contribution in [2.75, 3.05) is 5.73 Å². The summed E-state index contributed by atoms with van der Waals surface area (Å²) in [4.78, 5) is 12.4. The minimum absolute atomic E-state index is 0.0502. The molecule has 1 fully saturated rings. The van der Waals surface area contributed by atoms with E-state index in [1.807, 2.05) is 12.1 Å². The van der Waals surface area contributed by atoms with Gasteiger partial charge in [-0.3, -0.25) is 4.98 Å². The van der Waals surface area contributed by atoms with Gasteiger partial charge in [0.05, 0.1) is 18.1 Å². The molecule has 0 radical (unpaired) electrons. The van der Waals surface area contributed by atoms with Crippen LogP contribution in [0.5, 0.6) is 11.6 Å². The largest absolute Gasteiger partial charge is 0.435 e. The van der Waals surface area contributed by atoms with Crippen LogP contribution in [-0.4, -0.2) is 15.0 Å². The molecule has 27 heavy (non-hydrogen) atoms. The lowest BCUT2D eigenvalue weighted by Crippen LogP contribution is -2.21. The predicted molar refractivity (Wildman–Crippen MR) is 96.6 cm³/mol. The number of hydrogen-bond acceptors (Lipinski definition) is 6. The van der Waals surface area contributed by atoms with Crippen LogP contribution in [0, 0.1) is 17.1 Å². The van der Waals surface area contributed by atoms with Crippen LogP contribution in [0.3, 0.4) is 0 Å². The fourth-order valence-electron chi connectivity index (χ4n) is 3.21. The second-order valence-corrected chi connectivity index (χ2v) is 6.49. The number of nitriles is 1. The third kappa shape index (κ3) is 3.42. The van der Waals surface area contributed by atoms with E-state index in [4.69, 9.17) is 15.7 Å². The number of anilines is 1. The number of hydrogen-bond donors (Lipinski definition) is 1. The highest BCUT2D eigenvalue weighted by molar-refractivity contribution is 5.41. The summed E-state index contributed by atoms with van der Waals surface area (Å²) in [5.41, 5.74) is 7.65. The normalized spacial score (nSPS) is 18.4. The number of rotatable bonds is 4. The Hall–Kier alpha value is -3.53. The van der Waals surface area contributed by atoms with Gasteiger partial charge >= 0.3 is 0 Å². The maximum absolute atomic E-state index is 14.5. The second kappa shape index (κ2) is 7.00. The maximum Gasteiger partial charge on any atom is 0.237 e. The van der Waals surface area contributed by atoms with Crippen LogP contribution in [0.1, 0.15) is 41.5 Å². The van der Waals surface area contributed by atoms with Gasteiger partial charge in [-0.25, -0.2) is 14.4 Å². The zero-order valence-corrected chi connectivity index (χ0v) is 14.3. The van der Waals surface area contributed by atoms with Gasteiger partial charge in [-0.1, -0.05) is 6.07 Å². The number of halogens is 1. The molecule has 0 atom stereocenters. The Balaban J connectivity index is 1.45. The van der Waals surface area contributed by atoms with E-state index in [1.54, 1.807) is 30.6 Å². The Kier molecular flexibility index (Phi) is 4.38. The van der Waals surface area contributed by atoms with Crippen molar-refractivity contribution in [1.29, 1.82) is 5.26 Å². The van der Waals surface area contributed by atoms with Crippen molar-refractivity contribution in [3.05, 3.63) is 71.6 Å². The Bertz CT molecular complexity index is 1010. The van der Waals surface area contributed by atoms with E-state index in [2.05, 4.69) is 15.0 Å². The first-order valence-corrected chi connectivity index (χ1v) is 8.54. The second-order valence-electron chi connectivity index (χ2n) is 6.49. The third-order valence-corrected chi connectivity index (χ3v) is 4.77. The molecule has 1 aromatic carbocycles. The van der Waals surface area contributed by atoms with Gasteiger partial charge in [0.25, 0.3) is 0 Å². The summed E-state index contributed by atoms with van der Waals surface area (Å²) >= 11 is 0. The zero-order valence-electron chi connectivity index (χ0n) is 14.3. The van der Waals surface area contributed by atoms with Crippen LogP contribution < -0.4 is 10.5 Å². The molecular formula is C20H16FN5O. The van der Waals surface area contributed by atoms with Gasteiger partial charge < -0.3 is 10.5 Å². The molecule has 7 heteroatoms. The Labute approximate surface area is 155 Å². The lowest BCUT2D eigenvalue weighted by Gasteiger charge is -2.35. The number of ether oxygens (including phenoxy) is 1. The van der Waals surface area contributed by atoms with Gasteiger partial charge in [-0.15, -0.1) is 0 Å². The molecule has 0 amide bonds. The van der Waals surface area contributed by atoms with Gasteiger partial charge in [-0.05, 0) is 48.6 Å². The summed E-state index contributed by atoms with van der Waals surface area (Å²) in [5.74, 6) is 0.653. The number of nitrogens with zero attached hydrogens (tertiary/aromatic N) is 4. The SMILES string of the molecule is N#Cc1cccnc1Oc1ccc(C2CC(c3cnc(N)cn3)C2)cc1F. The molecule has 0 unspecified atom stereocenters. The minimum Gasteiger partial charge on any atom is -0.435 e. The molecule has 3 aromatic rings. The van der Waals surface area contributed by atoms with Gasteiger partial charge in [-0.2, -0.15) is 5.26 Å². The molecule has 0 bridgehead atoms. The van der Waals surface area contributed by atoms with E-state index in [0.29, 0.717) is 11.7 Å². The fourth-order valence-corrected chi connectivity index (χ4v) is 3.21. The van der Waals surface area contributed by atoms with Gasteiger partial charge in [0.1, 0.15) is 17.5 Å². The Morgan fingerprint density at radius 2 is 1.96 bits per heavy atom. The Morgan fingerprint density at radius 1 is 1.11 bits per heavy atom. The quantitative estimate of drug-likeness (QED) is 0.756. The van der Waals surface area contributed by atoms with Crippen LogP contribution in [0.4, 0.5) is 10.2 Å². The van der Waals surface area contributed by atoms with Crippen molar-refractivity contribution in [1.82, 2.24) is 15.0 Å². The molecule has 2 N–H and O–H groups in total. The summed E-state index contributed by atoms with van der Waals surface area (Å²) in [7, 11) is 0. The van der Waals surface area contributed by atoms with Gasteiger partial charge in [0.15, 0.2) is 11.6 Å². The number of nitrogen functional groups attached to an aromatic ring is 1. The monoisotopic (exact) mass is 361 g/mol. The molecule has 2 heterocycles. The highest BCUT2D eigenvalue weighted by atomic mass is 19.1. The van der Waals surface area contributed by atoms with Crippen molar-refractivity contribution < 1.29 is 9.13 Å². The molecule has 2 aromatic heterocycles. The average molecular weight is 361 g/mol. The molecule has 4 rings (SSSR count). The molecule has 0 saturated heterocycles. The van der Waals surface area contributed by atoms with E-state index in [0.717, 1.165) is 24.1 Å². The zero-order chi connectivity index (χ0) is 18.8. The summed E-state index contributed by atoms with van der Waals surface area (Å²) < 4.78 is 20.0. The van der Waals surface area contributed by atoms with E-state index >= 15 is 0 Å². The molecule has 0 spiro atoms. The lowest BCUT2D eigenvalue weighted by molar-refractivity contribution is 0.342. The smallest absolute Gasteiger partial charge is 0.237 e. The molecule has 0 aliphatic heterocycles. The van der Waals surface area contributed by atoms with Crippen molar-refractivity contribution >= 4 is 5.82 Å². The first-order valence-electron chi connectivity index (χ1n) is 8.54. The van der Waals surface area contributed by atoms with E-state index in [-0.39, 0.29) is 23.1 Å². The maximum atomic E-state index is 14.5. The number of benzene rings is 1. The van der Waals surface area contributed by atoms with Crippen LogP contribution in [-0.2, 0) is 0 Å². The van der Waals surface area contributed by atoms with Crippen LogP contribution in [0.2, 0.25) is 0 Å². The van der Waals surface area contributed by atoms with Crippen molar-refractivity contribution in [3.63, 3.8) is 0 Å². The van der Waals surface area contributed by atoms with E-state index in [9.17, 15) is 4.39 Å². The summed E-state index contributed by atoms with van der Waals surface area (Å²) in [5, 5.41) is 9.08. The standard InChI is InChI=1S/C20H16FN5O/c21-16-8-12(14-6-15(7-14)17-10-26-19(23)11-25-17)3-4-18(16)27-20-13(9-22)2-1-5-24-20/h1-5,8,10-11,14-15H,6-7H2,(H2,23,26). The fraction of sp³-hybridized carbons (Fsp3) is 0.200. The molecule has 1 aliphatic rings. The number of nitrogens with two attached hydrogens (primary N) is 1. The molecular weight excluding hydrogens is 345 g/mol. The third-order valence-electron chi connectivity index (χ3n) is 4.77. The Morgan fingerprint density at radius 3 is 2.67 bits per heavy atom. The van der Waals surface area contributed by atoms with Gasteiger partial charge in [0.2, 0.25) is 5.88 Å². The van der Waals surface area contributed by atoms with Crippen LogP contribution >= 0.6 is 0 Å². The van der Waals surface area contributed by atoms with E-state index < -0.39 is 5.82 Å². The summed E-state index contributed by atoms with van der Waals surface area (Å²) in [6, 6.07) is 10.1. The van der Waals surface area contributed by atoms with E-state index in [1.165, 1.54) is 12.3 Å². The highest BCUT2D eigenvalue weighted by Gasteiger charge is 2.33. The van der Waals surface area contributed by atoms with Crippen molar-refractivity contribution in [3.8, 4) is 17.7 Å². The first-order chi connectivity index (χ1) is 13.1. The first kappa shape index (κ1) is 16.9. The van der Waals surface area contributed by atoms with Crippen molar-refractivity contribution in [2.24, 2.45) is 0 Å². The highest BCUT2D eigenvalue weighted by Crippen LogP contribution is 2.47. The molecule has 134 valence electrons. The summed E-state index contributed by atoms with van der Waals surface area (Å²) in [6.07, 6.45) is 6.53. The number of pyridine rings is 1. The molecule has 1 aliphatic carbocycles. The number of aromatic nitrogens is 3.